The third-order valence-corrected chi connectivity index (χ3v) is 2.45. The minimum absolute atomic E-state index is 0.134. The Morgan fingerprint density at radius 3 is 2.32 bits per heavy atom. The molecule has 0 N–H and O–H groups in total. The maximum atomic E-state index is 12.0. The van der Waals surface area contributed by atoms with Gasteiger partial charge in [0.2, 0.25) is 0 Å². The van der Waals surface area contributed by atoms with Gasteiger partial charge in [0.05, 0.1) is 0 Å². The van der Waals surface area contributed by atoms with Gasteiger partial charge in [-0.25, -0.2) is 0 Å². The maximum absolute atomic E-state index is 12.0. The molecular formula is C15H23F3O. The van der Waals surface area contributed by atoms with Crippen LogP contribution in [0.4, 0.5) is 13.2 Å². The second kappa shape index (κ2) is 9.70. The van der Waals surface area contributed by atoms with Crippen LogP contribution in [-0.4, -0.2) is 6.36 Å². The Labute approximate surface area is 113 Å². The monoisotopic (exact) mass is 276 g/mol. The lowest BCUT2D eigenvalue weighted by Gasteiger charge is -2.09. The van der Waals surface area contributed by atoms with Gasteiger partial charge in [0.15, 0.2) is 0 Å². The lowest BCUT2D eigenvalue weighted by atomic mass is 10.1. The fraction of sp³-hybridized carbons (Fsp3) is 0.600. The van der Waals surface area contributed by atoms with E-state index in [-0.39, 0.29) is 5.75 Å². The van der Waals surface area contributed by atoms with E-state index >= 15 is 0 Å². The molecule has 0 radical (unpaired) electrons. The number of ether oxygens (including phenoxy) is 1. The molecule has 0 unspecified atom stereocenters. The van der Waals surface area contributed by atoms with Crippen molar-refractivity contribution in [3.05, 3.63) is 29.8 Å². The van der Waals surface area contributed by atoms with Gasteiger partial charge in [0.25, 0.3) is 0 Å². The Morgan fingerprint density at radius 1 is 1.05 bits per heavy atom. The zero-order valence-electron chi connectivity index (χ0n) is 11.9. The highest BCUT2D eigenvalue weighted by Gasteiger charge is 2.30. The maximum Gasteiger partial charge on any atom is 0.573 e. The number of halogens is 3. The van der Waals surface area contributed by atoms with E-state index in [1.165, 1.54) is 18.6 Å². The van der Waals surface area contributed by atoms with Crippen LogP contribution < -0.4 is 4.74 Å². The summed E-state index contributed by atoms with van der Waals surface area (Å²) in [6, 6.07) is 6.20. The second-order valence-corrected chi connectivity index (χ2v) is 4.01. The summed E-state index contributed by atoms with van der Waals surface area (Å²) in [6.07, 6.45) is 0.621. The summed E-state index contributed by atoms with van der Waals surface area (Å²) in [6.45, 7) is 6.12. The van der Waals surface area contributed by atoms with Crippen molar-refractivity contribution in [2.24, 2.45) is 0 Å². The normalized spacial score (nSPS) is 10.6. The Bertz CT molecular complexity index is 334. The lowest BCUT2D eigenvalue weighted by Crippen LogP contribution is -2.17. The summed E-state index contributed by atoms with van der Waals surface area (Å²) in [5.74, 6) is -0.134. The molecule has 110 valence electrons. The van der Waals surface area contributed by atoms with E-state index in [9.17, 15) is 13.2 Å². The predicted molar refractivity (Wildman–Crippen MR) is 72.3 cm³/mol. The van der Waals surface area contributed by atoms with Crippen molar-refractivity contribution in [1.82, 2.24) is 0 Å². The molecule has 0 atom stereocenters. The zero-order valence-corrected chi connectivity index (χ0v) is 11.9. The van der Waals surface area contributed by atoms with E-state index in [0.717, 1.165) is 31.2 Å². The highest BCUT2D eigenvalue weighted by atomic mass is 19.4. The van der Waals surface area contributed by atoms with Crippen LogP contribution in [0.5, 0.6) is 5.75 Å². The molecule has 0 aliphatic rings. The van der Waals surface area contributed by atoms with Crippen LogP contribution in [0.15, 0.2) is 24.3 Å². The van der Waals surface area contributed by atoms with Crippen molar-refractivity contribution in [3.8, 4) is 5.75 Å². The summed E-state index contributed by atoms with van der Waals surface area (Å²) in [5.41, 5.74) is 0.892. The third kappa shape index (κ3) is 9.40. The van der Waals surface area contributed by atoms with Crippen LogP contribution in [-0.2, 0) is 6.42 Å². The molecule has 0 spiro atoms. The molecule has 1 nitrogen and oxygen atoms in total. The molecule has 0 bridgehead atoms. The van der Waals surface area contributed by atoms with Gasteiger partial charge >= 0.3 is 6.36 Å². The zero-order chi connectivity index (χ0) is 14.7. The van der Waals surface area contributed by atoms with Crippen molar-refractivity contribution < 1.29 is 17.9 Å². The Hall–Kier alpha value is -1.19. The SMILES string of the molecule is CC.CCCCCCc1cccc(OC(F)(F)F)c1. The van der Waals surface area contributed by atoms with Gasteiger partial charge in [-0.2, -0.15) is 0 Å². The Balaban J connectivity index is 0.00000154. The number of aryl methyl sites for hydroxylation is 1. The first kappa shape index (κ1) is 17.8. The van der Waals surface area contributed by atoms with E-state index in [0.29, 0.717) is 0 Å². The molecule has 0 aromatic heterocycles. The van der Waals surface area contributed by atoms with Gasteiger partial charge in [-0.05, 0) is 30.5 Å². The molecule has 1 rings (SSSR count). The van der Waals surface area contributed by atoms with Crippen LogP contribution >= 0.6 is 0 Å². The first-order chi connectivity index (χ1) is 9.01. The molecule has 0 aliphatic heterocycles. The van der Waals surface area contributed by atoms with Crippen LogP contribution in [0.1, 0.15) is 52.0 Å². The summed E-state index contributed by atoms with van der Waals surface area (Å²) in [5, 5.41) is 0. The Morgan fingerprint density at radius 2 is 1.74 bits per heavy atom. The van der Waals surface area contributed by atoms with Crippen LogP contribution in [0.25, 0.3) is 0 Å². The smallest absolute Gasteiger partial charge is 0.406 e. The fourth-order valence-corrected chi connectivity index (χ4v) is 1.65. The number of hydrogen-bond donors (Lipinski definition) is 0. The molecule has 0 amide bonds. The highest BCUT2D eigenvalue weighted by Crippen LogP contribution is 2.23. The first-order valence-electron chi connectivity index (χ1n) is 6.86. The number of rotatable bonds is 6. The number of benzene rings is 1. The first-order valence-corrected chi connectivity index (χ1v) is 6.86. The molecule has 1 aromatic rings. The second-order valence-electron chi connectivity index (χ2n) is 4.01. The summed E-state index contributed by atoms with van der Waals surface area (Å²) < 4.78 is 39.9. The average molecular weight is 276 g/mol. The molecule has 0 saturated carbocycles. The van der Waals surface area contributed by atoms with Crippen LogP contribution in [0, 0.1) is 0 Å². The fourth-order valence-electron chi connectivity index (χ4n) is 1.65. The van der Waals surface area contributed by atoms with E-state index in [1.807, 2.05) is 19.9 Å². The largest absolute Gasteiger partial charge is 0.573 e. The van der Waals surface area contributed by atoms with Gasteiger partial charge in [-0.3, -0.25) is 0 Å². The molecule has 0 heterocycles. The highest BCUT2D eigenvalue weighted by molar-refractivity contribution is 5.28. The number of hydrogen-bond acceptors (Lipinski definition) is 1. The minimum Gasteiger partial charge on any atom is -0.406 e. The summed E-state index contributed by atoms with van der Waals surface area (Å²) >= 11 is 0. The lowest BCUT2D eigenvalue weighted by molar-refractivity contribution is -0.274. The third-order valence-electron chi connectivity index (χ3n) is 2.45. The molecule has 0 fully saturated rings. The molecule has 1 aromatic carbocycles. The van der Waals surface area contributed by atoms with Gasteiger partial charge in [0, 0.05) is 0 Å². The molecule has 4 heteroatoms. The van der Waals surface area contributed by atoms with Crippen molar-refractivity contribution >= 4 is 0 Å². The number of unbranched alkanes of at least 4 members (excludes halogenated alkanes) is 3. The quantitative estimate of drug-likeness (QED) is 0.602. The molecule has 0 saturated heterocycles. The molecule has 19 heavy (non-hydrogen) atoms. The van der Waals surface area contributed by atoms with Crippen molar-refractivity contribution in [2.45, 2.75) is 59.2 Å². The van der Waals surface area contributed by atoms with Crippen molar-refractivity contribution in [1.29, 1.82) is 0 Å². The van der Waals surface area contributed by atoms with E-state index in [1.54, 1.807) is 6.07 Å². The minimum atomic E-state index is -4.61. The summed E-state index contributed by atoms with van der Waals surface area (Å²) in [4.78, 5) is 0. The van der Waals surface area contributed by atoms with E-state index in [2.05, 4.69) is 11.7 Å². The Kier molecular flexibility index (Phi) is 9.09. The van der Waals surface area contributed by atoms with Crippen LogP contribution in [0.3, 0.4) is 0 Å². The molecule has 0 aliphatic carbocycles. The van der Waals surface area contributed by atoms with Gasteiger partial charge in [-0.1, -0.05) is 52.2 Å². The van der Waals surface area contributed by atoms with Gasteiger partial charge in [0.1, 0.15) is 5.75 Å². The van der Waals surface area contributed by atoms with Crippen LogP contribution in [0.2, 0.25) is 0 Å². The predicted octanol–water partition coefficient (Wildman–Crippen LogP) is 5.73. The van der Waals surface area contributed by atoms with Gasteiger partial charge < -0.3 is 4.74 Å². The summed E-state index contributed by atoms with van der Waals surface area (Å²) in [7, 11) is 0. The standard InChI is InChI=1S/C13H17F3O.C2H6/c1-2-3-4-5-7-11-8-6-9-12(10-11)17-13(14,15)16;1-2/h6,8-10H,2-5,7H2,1H3;1-2H3. The van der Waals surface area contributed by atoms with Gasteiger partial charge in [-0.15, -0.1) is 13.2 Å². The molecular weight excluding hydrogens is 253 g/mol. The van der Waals surface area contributed by atoms with Crippen molar-refractivity contribution in [2.75, 3.05) is 0 Å². The topological polar surface area (TPSA) is 9.23 Å². The van der Waals surface area contributed by atoms with E-state index in [4.69, 9.17) is 0 Å². The van der Waals surface area contributed by atoms with E-state index < -0.39 is 6.36 Å². The average Bonchev–Trinajstić information content (AvgIpc) is 2.36. The van der Waals surface area contributed by atoms with Crippen molar-refractivity contribution in [3.63, 3.8) is 0 Å². The number of alkyl halides is 3.